The number of alkyl halides is 3. The van der Waals surface area contributed by atoms with Gasteiger partial charge in [0.2, 0.25) is 5.95 Å². The first-order chi connectivity index (χ1) is 16.1. The Kier molecular flexibility index (Phi) is 5.50. The van der Waals surface area contributed by atoms with Gasteiger partial charge in [-0.2, -0.15) is 9.88 Å². The van der Waals surface area contributed by atoms with Crippen LogP contribution in [-0.2, 0) is 20.4 Å². The van der Waals surface area contributed by atoms with Crippen molar-refractivity contribution < 1.29 is 41.5 Å². The quantitative estimate of drug-likeness (QED) is 0.371. The summed E-state index contributed by atoms with van der Waals surface area (Å²) in [5.74, 6) is -0.0980. The number of nitrogens with two attached hydrogens (primary N) is 1. The van der Waals surface area contributed by atoms with E-state index in [1.54, 1.807) is 18.2 Å². The van der Waals surface area contributed by atoms with Crippen LogP contribution in [-0.4, -0.2) is 60.4 Å². The first kappa shape index (κ1) is 23.0. The molecular weight excluding hydrogens is 486 g/mol. The van der Waals surface area contributed by atoms with Gasteiger partial charge in [-0.05, 0) is 6.07 Å². The van der Waals surface area contributed by atoms with Crippen LogP contribution in [0.1, 0.15) is 11.8 Å². The summed E-state index contributed by atoms with van der Waals surface area (Å²) in [6.45, 7) is -1.31. The standard InChI is InChI=1S/C18H17F3N5O7P/c19-10-12(27)18(16(20)21,6-31-34(29)30-5-8-3-1-2-4-9(8)33-34)32-15(10)26-7-23-11-13(26)24-17(22)25-14(11)28/h1-4,7,10,12,15-16,27,29H,5-6H2,(H2-,22,24,25,28)/p+1/t10-,12-,15-,18-,34?/m1/s1. The van der Waals surface area contributed by atoms with Gasteiger partial charge >= 0.3 is 8.17 Å². The molecule has 0 amide bonds. The van der Waals surface area contributed by atoms with Gasteiger partial charge in [0.15, 0.2) is 34.9 Å². The van der Waals surface area contributed by atoms with Crippen LogP contribution < -0.4 is 15.8 Å². The lowest BCUT2D eigenvalue weighted by molar-refractivity contribution is -0.194. The predicted molar refractivity (Wildman–Crippen MR) is 109 cm³/mol. The van der Waals surface area contributed by atoms with Gasteiger partial charge in [-0.15, -0.1) is 9.05 Å². The molecule has 1 saturated heterocycles. The molecule has 5 rings (SSSR count). The van der Waals surface area contributed by atoms with Crippen molar-refractivity contribution in [3.8, 4) is 5.75 Å². The number of nitrogen functional groups attached to an aromatic ring is 1. The van der Waals surface area contributed by atoms with Gasteiger partial charge in [0.25, 0.3) is 12.0 Å². The molecule has 12 nitrogen and oxygen atoms in total. The van der Waals surface area contributed by atoms with Crippen molar-refractivity contribution in [1.29, 1.82) is 0 Å². The largest absolute Gasteiger partial charge is 0.619 e. The van der Waals surface area contributed by atoms with Gasteiger partial charge in [0.1, 0.15) is 19.3 Å². The summed E-state index contributed by atoms with van der Waals surface area (Å²) < 4.78 is 65.3. The number of imidazole rings is 1. The number of anilines is 1. The van der Waals surface area contributed by atoms with Crippen LogP contribution >= 0.6 is 8.17 Å². The van der Waals surface area contributed by atoms with Crippen LogP contribution in [0.3, 0.4) is 0 Å². The second kappa shape index (κ2) is 8.15. The Balaban J connectivity index is 1.43. The van der Waals surface area contributed by atoms with E-state index in [2.05, 4.69) is 15.0 Å². The highest BCUT2D eigenvalue weighted by Gasteiger charge is 2.64. The second-order valence-electron chi connectivity index (χ2n) is 7.64. The van der Waals surface area contributed by atoms with E-state index in [4.69, 9.17) is 24.0 Å². The normalized spacial score (nSPS) is 31.1. The Morgan fingerprint density at radius 1 is 1.41 bits per heavy atom. The predicted octanol–water partition coefficient (Wildman–Crippen LogP) is 1.23. The highest BCUT2D eigenvalue weighted by atomic mass is 31.2. The van der Waals surface area contributed by atoms with Crippen molar-refractivity contribution in [3.63, 3.8) is 0 Å². The van der Waals surface area contributed by atoms with Gasteiger partial charge in [-0.3, -0.25) is 18.9 Å². The van der Waals surface area contributed by atoms with E-state index in [0.717, 1.165) is 10.9 Å². The van der Waals surface area contributed by atoms with E-state index in [9.17, 15) is 23.6 Å². The third-order valence-electron chi connectivity index (χ3n) is 5.53. The molecule has 0 aliphatic carbocycles. The van der Waals surface area contributed by atoms with E-state index in [1.165, 1.54) is 6.07 Å². The number of aliphatic hydroxyl groups is 1. The van der Waals surface area contributed by atoms with Crippen molar-refractivity contribution in [2.75, 3.05) is 12.3 Å². The molecule has 3 aromatic rings. The van der Waals surface area contributed by atoms with Crippen molar-refractivity contribution in [2.24, 2.45) is 0 Å². The zero-order valence-electron chi connectivity index (χ0n) is 17.0. The second-order valence-corrected chi connectivity index (χ2v) is 9.28. The van der Waals surface area contributed by atoms with Gasteiger partial charge < -0.3 is 15.6 Å². The highest BCUT2D eigenvalue weighted by Crippen LogP contribution is 2.62. The number of nitrogens with one attached hydrogen (secondary N) is 1. The molecule has 1 aromatic carbocycles. The molecule has 182 valence electrons. The average Bonchev–Trinajstić information content (AvgIpc) is 3.32. The van der Waals surface area contributed by atoms with Crippen LogP contribution in [0, 0.1) is 0 Å². The smallest absolute Gasteiger partial charge is 0.387 e. The minimum Gasteiger partial charge on any atom is -0.387 e. The summed E-state index contributed by atoms with van der Waals surface area (Å²) in [5, 5.41) is 10.4. The number of para-hydroxylation sites is 1. The van der Waals surface area contributed by atoms with Crippen LogP contribution in [0.15, 0.2) is 35.4 Å². The zero-order chi connectivity index (χ0) is 24.3. The van der Waals surface area contributed by atoms with E-state index < -0.39 is 50.9 Å². The molecular formula is C18H18F3N5O7P+. The van der Waals surface area contributed by atoms with Gasteiger partial charge in [0, 0.05) is 5.56 Å². The Morgan fingerprint density at radius 2 is 2.18 bits per heavy atom. The number of H-pyrrole nitrogens is 1. The summed E-state index contributed by atoms with van der Waals surface area (Å²) in [5.41, 5.74) is 1.96. The molecule has 1 unspecified atom stereocenters. The maximum Gasteiger partial charge on any atom is 0.619 e. The van der Waals surface area contributed by atoms with Crippen LogP contribution in [0.5, 0.6) is 5.75 Å². The van der Waals surface area contributed by atoms with Gasteiger partial charge in [0.05, 0.1) is 6.33 Å². The molecule has 0 saturated carbocycles. The average molecular weight is 504 g/mol. The molecule has 5 atom stereocenters. The molecule has 2 aromatic heterocycles. The monoisotopic (exact) mass is 504 g/mol. The minimum absolute atomic E-state index is 0.122. The zero-order valence-corrected chi connectivity index (χ0v) is 17.9. The van der Waals surface area contributed by atoms with Gasteiger partial charge in [-0.25, -0.2) is 18.2 Å². The molecule has 0 spiro atoms. The Bertz CT molecular complexity index is 1290. The number of benzene rings is 1. The number of hydrogen-bond donors (Lipinski definition) is 4. The fourth-order valence-corrected chi connectivity index (χ4v) is 5.02. The number of aromatic amines is 1. The van der Waals surface area contributed by atoms with Crippen LogP contribution in [0.2, 0.25) is 0 Å². The lowest BCUT2D eigenvalue weighted by Gasteiger charge is -2.30. The Hall–Kier alpha value is -2.81. The maximum absolute atomic E-state index is 15.1. The number of aromatic nitrogens is 4. The molecule has 2 aliphatic heterocycles. The number of hydrogen-bond acceptors (Lipinski definition) is 10. The molecule has 5 N–H and O–H groups in total. The van der Waals surface area contributed by atoms with Crippen molar-refractivity contribution in [1.82, 2.24) is 19.5 Å². The van der Waals surface area contributed by atoms with E-state index >= 15 is 4.39 Å². The van der Waals surface area contributed by atoms with Crippen LogP contribution in [0.4, 0.5) is 19.1 Å². The van der Waals surface area contributed by atoms with Crippen molar-refractivity contribution in [3.05, 3.63) is 46.5 Å². The molecule has 34 heavy (non-hydrogen) atoms. The summed E-state index contributed by atoms with van der Waals surface area (Å²) in [7, 11) is -4.15. The Morgan fingerprint density at radius 3 is 2.94 bits per heavy atom. The molecule has 4 heterocycles. The number of ether oxygens (including phenoxy) is 1. The van der Waals surface area contributed by atoms with Crippen LogP contribution in [0.25, 0.3) is 11.2 Å². The molecule has 16 heteroatoms. The van der Waals surface area contributed by atoms with E-state index in [1.807, 2.05) is 0 Å². The fourth-order valence-electron chi connectivity index (χ4n) is 3.75. The topological polar surface area (TPSA) is 167 Å². The van der Waals surface area contributed by atoms with Crippen molar-refractivity contribution in [2.45, 2.75) is 37.1 Å². The first-order valence-corrected chi connectivity index (χ1v) is 11.3. The molecule has 1 fully saturated rings. The maximum atomic E-state index is 15.1. The summed E-state index contributed by atoms with van der Waals surface area (Å²) >= 11 is 0. The Labute approximate surface area is 188 Å². The number of halogens is 3. The van der Waals surface area contributed by atoms with Gasteiger partial charge in [-0.1, -0.05) is 18.2 Å². The third kappa shape index (κ3) is 3.61. The summed E-state index contributed by atoms with van der Waals surface area (Å²) in [6.07, 6.45) is -9.21. The summed E-state index contributed by atoms with van der Waals surface area (Å²) in [6, 6.07) is 6.52. The number of rotatable bonds is 5. The van der Waals surface area contributed by atoms with Crippen molar-refractivity contribution >= 4 is 25.3 Å². The molecule has 2 aliphatic rings. The first-order valence-electron chi connectivity index (χ1n) is 9.82. The number of fused-ring (bicyclic) bond motifs is 2. The number of nitrogens with zero attached hydrogens (tertiary/aromatic N) is 3. The number of aliphatic hydroxyl groups excluding tert-OH is 1. The highest BCUT2D eigenvalue weighted by molar-refractivity contribution is 7.55. The third-order valence-corrected chi connectivity index (χ3v) is 6.87. The fraction of sp³-hybridized carbons (Fsp3) is 0.389. The van der Waals surface area contributed by atoms with E-state index in [-0.39, 0.29) is 29.5 Å². The minimum atomic E-state index is -4.15. The SMILES string of the molecule is Nc1nc2c(ncn2[C@@H]2O[C@@](CO[P+]3(O)OCc4ccccc4O3)(C(F)F)[C@H](O)[C@H]2F)c(=O)[nH]1. The molecule has 0 radical (unpaired) electrons. The lowest BCUT2D eigenvalue weighted by atomic mass is 9.97. The molecule has 0 bridgehead atoms. The summed E-state index contributed by atoms with van der Waals surface area (Å²) in [4.78, 5) is 32.4. The lowest BCUT2D eigenvalue weighted by Crippen LogP contribution is -2.52. The van der Waals surface area contributed by atoms with E-state index in [0.29, 0.717) is 5.56 Å².